The average Bonchev–Trinajstić information content (AvgIpc) is 2.67. The fourth-order valence-corrected chi connectivity index (χ4v) is 4.15. The van der Waals surface area contributed by atoms with Crippen molar-refractivity contribution in [3.63, 3.8) is 0 Å². The minimum Gasteiger partial charge on any atom is -0.374 e. The van der Waals surface area contributed by atoms with Crippen LogP contribution in [0.2, 0.25) is 0 Å². The molecule has 31 heavy (non-hydrogen) atoms. The number of pyridine rings is 2. The molecule has 0 aliphatic carbocycles. The summed E-state index contributed by atoms with van der Waals surface area (Å²) in [5.74, 6) is -0.502. The zero-order valence-electron chi connectivity index (χ0n) is 18.0. The molecule has 10 heteroatoms. The van der Waals surface area contributed by atoms with E-state index in [1.807, 2.05) is 6.92 Å². The molecular formula is C21H26F3N3O3S. The van der Waals surface area contributed by atoms with E-state index >= 15 is 0 Å². The molecule has 1 fully saturated rings. The molecule has 0 radical (unpaired) electrons. The molecule has 6 nitrogen and oxygen atoms in total. The maximum Gasteiger partial charge on any atom is 0.534 e. The molecular weight excluding hydrogens is 431 g/mol. The van der Waals surface area contributed by atoms with Crippen LogP contribution in [0, 0.1) is 12.3 Å². The summed E-state index contributed by atoms with van der Waals surface area (Å²) in [7, 11) is -5.74. The van der Waals surface area contributed by atoms with E-state index in [1.165, 1.54) is 12.1 Å². The molecule has 0 aromatic carbocycles. The standard InChI is InChI=1S/C21H26F3N3O3S/c1-5-16-14(2)25-13-17(19(16)27-10-8-20(3,4)9-11-27)18-7-6-15(12-26-18)30-31(28,29)21(22,23)24/h6-7,12-13H,5,8-11H2,1-4H3. The molecule has 3 heterocycles. The molecule has 1 aliphatic rings. The molecule has 170 valence electrons. The van der Waals surface area contributed by atoms with Crippen molar-refractivity contribution in [1.29, 1.82) is 0 Å². The number of hydrogen-bond acceptors (Lipinski definition) is 6. The number of halogens is 3. The summed E-state index contributed by atoms with van der Waals surface area (Å²) in [5.41, 5.74) is -0.952. The van der Waals surface area contributed by atoms with Crippen molar-refractivity contribution in [3.8, 4) is 17.0 Å². The molecule has 0 atom stereocenters. The molecule has 0 N–H and O–H groups in total. The number of anilines is 1. The van der Waals surface area contributed by atoms with E-state index < -0.39 is 21.4 Å². The Labute approximate surface area is 180 Å². The first-order chi connectivity index (χ1) is 14.3. The number of hydrogen-bond donors (Lipinski definition) is 0. The van der Waals surface area contributed by atoms with Gasteiger partial charge in [0.15, 0.2) is 5.75 Å². The number of nitrogens with zero attached hydrogens (tertiary/aromatic N) is 3. The van der Waals surface area contributed by atoms with E-state index in [0.29, 0.717) is 5.69 Å². The van der Waals surface area contributed by atoms with E-state index in [-0.39, 0.29) is 5.41 Å². The third kappa shape index (κ3) is 4.94. The van der Waals surface area contributed by atoms with Crippen LogP contribution in [0.15, 0.2) is 24.5 Å². The van der Waals surface area contributed by atoms with Crippen molar-refractivity contribution < 1.29 is 25.8 Å². The quantitative estimate of drug-likeness (QED) is 0.471. The summed E-state index contributed by atoms with van der Waals surface area (Å²) < 4.78 is 64.2. The summed E-state index contributed by atoms with van der Waals surface area (Å²) >= 11 is 0. The van der Waals surface area contributed by atoms with E-state index in [2.05, 4.69) is 39.8 Å². The fourth-order valence-electron chi connectivity index (χ4n) is 3.70. The second-order valence-corrected chi connectivity index (χ2v) is 9.99. The topological polar surface area (TPSA) is 72.4 Å². The van der Waals surface area contributed by atoms with Gasteiger partial charge >= 0.3 is 15.6 Å². The lowest BCUT2D eigenvalue weighted by molar-refractivity contribution is -0.0500. The summed E-state index contributed by atoms with van der Waals surface area (Å²) in [6.45, 7) is 10.3. The Morgan fingerprint density at radius 3 is 2.29 bits per heavy atom. The van der Waals surface area contributed by atoms with Crippen LogP contribution >= 0.6 is 0 Å². The average molecular weight is 458 g/mol. The van der Waals surface area contributed by atoms with Crippen LogP contribution in [0.4, 0.5) is 18.9 Å². The highest BCUT2D eigenvalue weighted by Crippen LogP contribution is 2.39. The van der Waals surface area contributed by atoms with Crippen molar-refractivity contribution in [3.05, 3.63) is 35.8 Å². The molecule has 1 aliphatic heterocycles. The molecule has 0 unspecified atom stereocenters. The first kappa shape index (κ1) is 23.3. The molecule has 0 amide bonds. The molecule has 2 aromatic heterocycles. The lowest BCUT2D eigenvalue weighted by Gasteiger charge is -2.40. The van der Waals surface area contributed by atoms with Gasteiger partial charge in [-0.1, -0.05) is 20.8 Å². The first-order valence-electron chi connectivity index (χ1n) is 10.1. The van der Waals surface area contributed by atoms with Crippen LogP contribution in [-0.2, 0) is 16.5 Å². The van der Waals surface area contributed by atoms with Gasteiger partial charge in [0, 0.05) is 30.5 Å². The fraction of sp³-hybridized carbons (Fsp3) is 0.524. The molecule has 1 saturated heterocycles. The van der Waals surface area contributed by atoms with Crippen LogP contribution in [-0.4, -0.2) is 37.0 Å². The van der Waals surface area contributed by atoms with Gasteiger partial charge in [-0.3, -0.25) is 9.97 Å². The van der Waals surface area contributed by atoms with E-state index in [9.17, 15) is 21.6 Å². The van der Waals surface area contributed by atoms with Crippen molar-refractivity contribution in [1.82, 2.24) is 9.97 Å². The Morgan fingerprint density at radius 1 is 1.13 bits per heavy atom. The number of aromatic nitrogens is 2. The van der Waals surface area contributed by atoms with Gasteiger partial charge in [-0.05, 0) is 49.3 Å². The second-order valence-electron chi connectivity index (χ2n) is 8.45. The molecule has 2 aromatic rings. The van der Waals surface area contributed by atoms with Gasteiger partial charge in [-0.25, -0.2) is 0 Å². The van der Waals surface area contributed by atoms with Gasteiger partial charge < -0.3 is 9.08 Å². The van der Waals surface area contributed by atoms with Crippen molar-refractivity contribution in [2.45, 2.75) is 52.5 Å². The number of rotatable bonds is 5. The highest BCUT2D eigenvalue weighted by Gasteiger charge is 2.48. The first-order valence-corrected chi connectivity index (χ1v) is 11.5. The predicted molar refractivity (Wildman–Crippen MR) is 112 cm³/mol. The normalized spacial score (nSPS) is 16.9. The van der Waals surface area contributed by atoms with Gasteiger partial charge in [0.1, 0.15) is 0 Å². The summed E-state index contributed by atoms with van der Waals surface area (Å²) in [6.07, 6.45) is 5.53. The number of piperidine rings is 1. The summed E-state index contributed by atoms with van der Waals surface area (Å²) in [4.78, 5) is 11.0. The maximum absolute atomic E-state index is 12.6. The van der Waals surface area contributed by atoms with E-state index in [1.54, 1.807) is 6.20 Å². The van der Waals surface area contributed by atoms with Crippen molar-refractivity contribution in [2.24, 2.45) is 5.41 Å². The van der Waals surface area contributed by atoms with Gasteiger partial charge in [-0.15, -0.1) is 0 Å². The zero-order chi connectivity index (χ0) is 23.0. The Morgan fingerprint density at radius 2 is 1.77 bits per heavy atom. The number of aryl methyl sites for hydroxylation is 1. The second kappa shape index (κ2) is 8.29. The zero-order valence-corrected chi connectivity index (χ0v) is 18.8. The largest absolute Gasteiger partial charge is 0.534 e. The molecule has 0 bridgehead atoms. The minimum absolute atomic E-state index is 0.270. The third-order valence-electron chi connectivity index (χ3n) is 5.65. The van der Waals surface area contributed by atoms with Gasteiger partial charge in [-0.2, -0.15) is 21.6 Å². The highest BCUT2D eigenvalue weighted by molar-refractivity contribution is 7.88. The summed E-state index contributed by atoms with van der Waals surface area (Å²) in [6, 6.07) is 2.62. The Hall–Kier alpha value is -2.36. The lowest BCUT2D eigenvalue weighted by Crippen LogP contribution is -2.38. The van der Waals surface area contributed by atoms with E-state index in [4.69, 9.17) is 0 Å². The van der Waals surface area contributed by atoms with Crippen LogP contribution in [0.25, 0.3) is 11.3 Å². The van der Waals surface area contributed by atoms with Crippen LogP contribution in [0.1, 0.15) is 44.9 Å². The third-order valence-corrected chi connectivity index (χ3v) is 6.63. The Balaban J connectivity index is 1.98. The predicted octanol–water partition coefficient (Wildman–Crippen LogP) is 4.87. The Kier molecular flexibility index (Phi) is 6.23. The Bertz CT molecular complexity index is 1040. The van der Waals surface area contributed by atoms with E-state index in [0.717, 1.165) is 61.1 Å². The van der Waals surface area contributed by atoms with Gasteiger partial charge in [0.05, 0.1) is 17.6 Å². The minimum atomic E-state index is -5.74. The molecule has 0 spiro atoms. The number of alkyl halides is 3. The van der Waals surface area contributed by atoms with Crippen molar-refractivity contribution in [2.75, 3.05) is 18.0 Å². The molecule has 0 saturated carbocycles. The van der Waals surface area contributed by atoms with Crippen molar-refractivity contribution >= 4 is 15.8 Å². The van der Waals surface area contributed by atoms with Crippen LogP contribution in [0.5, 0.6) is 5.75 Å². The van der Waals surface area contributed by atoms with Crippen LogP contribution in [0.3, 0.4) is 0 Å². The highest BCUT2D eigenvalue weighted by atomic mass is 32.2. The van der Waals surface area contributed by atoms with Gasteiger partial charge in [0.25, 0.3) is 0 Å². The van der Waals surface area contributed by atoms with Gasteiger partial charge in [0.2, 0.25) is 0 Å². The van der Waals surface area contributed by atoms with Crippen LogP contribution < -0.4 is 9.08 Å². The monoisotopic (exact) mass is 457 g/mol. The lowest BCUT2D eigenvalue weighted by atomic mass is 9.82. The smallest absolute Gasteiger partial charge is 0.374 e. The summed E-state index contributed by atoms with van der Waals surface area (Å²) in [5, 5.41) is 0. The molecule has 3 rings (SSSR count). The maximum atomic E-state index is 12.6. The SMILES string of the molecule is CCc1c(C)ncc(-c2ccc(OS(=O)(=O)C(F)(F)F)cn2)c1N1CCC(C)(C)CC1.